The molecule has 2 fully saturated rings. The van der Waals surface area contributed by atoms with Gasteiger partial charge in [-0.15, -0.1) is 0 Å². The molecule has 3 heterocycles. The zero-order valence-corrected chi connectivity index (χ0v) is 18.4. The quantitative estimate of drug-likeness (QED) is 0.530. The Hall–Kier alpha value is -3.33. The number of aromatic nitrogens is 6. The van der Waals surface area contributed by atoms with E-state index in [0.29, 0.717) is 11.6 Å². The molecule has 1 aromatic carbocycles. The number of ether oxygens (including phenoxy) is 1. The lowest BCUT2D eigenvalue weighted by Gasteiger charge is -2.28. The first-order chi connectivity index (χ1) is 15.4. The van der Waals surface area contributed by atoms with E-state index >= 15 is 0 Å². The minimum atomic E-state index is -0.243. The van der Waals surface area contributed by atoms with Crippen molar-refractivity contribution in [3.8, 4) is 0 Å². The van der Waals surface area contributed by atoms with Gasteiger partial charge >= 0.3 is 5.69 Å². The molecule has 2 saturated carbocycles. The molecule has 164 valence electrons. The molecular formula is C23H25N7O2. The van der Waals surface area contributed by atoms with E-state index in [2.05, 4.69) is 20.3 Å². The standard InChI is InChI=1S/C23H25N7O2/c1-14-10-16-17(25-9-8-24-16)11-15(14)27-20-26-12-18-19(28-20)30(21(31)29(18)2)22-4-6-23(13-22,32-3)7-5-22/h8-12H,4-7,13H2,1-3H3,(H,26,27,28). The summed E-state index contributed by atoms with van der Waals surface area (Å²) in [5.74, 6) is 0.452. The predicted molar refractivity (Wildman–Crippen MR) is 121 cm³/mol. The zero-order chi connectivity index (χ0) is 22.1. The first-order valence-corrected chi connectivity index (χ1v) is 10.9. The predicted octanol–water partition coefficient (Wildman–Crippen LogP) is 3.18. The Morgan fingerprint density at radius 1 is 1.06 bits per heavy atom. The topological polar surface area (TPSA) is 99.8 Å². The lowest BCUT2D eigenvalue weighted by Crippen LogP contribution is -2.38. The van der Waals surface area contributed by atoms with Crippen molar-refractivity contribution in [1.29, 1.82) is 0 Å². The molecule has 6 rings (SSSR count). The van der Waals surface area contributed by atoms with Crippen LogP contribution in [-0.4, -0.2) is 41.8 Å². The van der Waals surface area contributed by atoms with E-state index in [1.54, 1.807) is 37.3 Å². The van der Waals surface area contributed by atoms with Gasteiger partial charge in [0.15, 0.2) is 5.65 Å². The lowest BCUT2D eigenvalue weighted by atomic mass is 9.92. The first kappa shape index (κ1) is 19.4. The van der Waals surface area contributed by atoms with Crippen molar-refractivity contribution in [3.63, 3.8) is 0 Å². The van der Waals surface area contributed by atoms with Gasteiger partial charge in [0, 0.05) is 38.7 Å². The molecule has 0 aliphatic heterocycles. The number of anilines is 2. The Morgan fingerprint density at radius 2 is 1.78 bits per heavy atom. The average molecular weight is 432 g/mol. The Morgan fingerprint density at radius 3 is 2.47 bits per heavy atom. The molecule has 0 saturated heterocycles. The van der Waals surface area contributed by atoms with Crippen molar-refractivity contribution in [2.24, 2.45) is 7.05 Å². The van der Waals surface area contributed by atoms with Gasteiger partial charge in [0.1, 0.15) is 5.52 Å². The maximum Gasteiger partial charge on any atom is 0.330 e. The number of hydrogen-bond acceptors (Lipinski definition) is 7. The normalized spacial score (nSPS) is 24.6. The highest BCUT2D eigenvalue weighted by molar-refractivity contribution is 5.82. The van der Waals surface area contributed by atoms with Gasteiger partial charge in [0.2, 0.25) is 5.95 Å². The largest absolute Gasteiger partial charge is 0.378 e. The van der Waals surface area contributed by atoms with E-state index < -0.39 is 0 Å². The molecule has 9 heteroatoms. The van der Waals surface area contributed by atoms with Gasteiger partial charge in [-0.05, 0) is 50.3 Å². The molecule has 1 N–H and O–H groups in total. The van der Waals surface area contributed by atoms with Crippen LogP contribution < -0.4 is 11.0 Å². The van der Waals surface area contributed by atoms with Crippen LogP contribution in [0.4, 0.5) is 11.6 Å². The van der Waals surface area contributed by atoms with Crippen LogP contribution in [0, 0.1) is 6.92 Å². The summed E-state index contributed by atoms with van der Waals surface area (Å²) < 4.78 is 9.42. The van der Waals surface area contributed by atoms with Crippen LogP contribution in [0.3, 0.4) is 0 Å². The van der Waals surface area contributed by atoms with E-state index in [1.807, 2.05) is 23.6 Å². The molecule has 0 radical (unpaired) electrons. The minimum Gasteiger partial charge on any atom is -0.378 e. The van der Waals surface area contributed by atoms with Gasteiger partial charge in [-0.3, -0.25) is 19.1 Å². The van der Waals surface area contributed by atoms with E-state index in [1.165, 1.54) is 0 Å². The summed E-state index contributed by atoms with van der Waals surface area (Å²) in [6, 6.07) is 3.94. The number of nitrogens with one attached hydrogen (secondary N) is 1. The van der Waals surface area contributed by atoms with Gasteiger partial charge in [-0.25, -0.2) is 9.78 Å². The molecule has 2 aliphatic carbocycles. The molecule has 3 aromatic heterocycles. The smallest absolute Gasteiger partial charge is 0.330 e. The van der Waals surface area contributed by atoms with Crippen molar-refractivity contribution in [2.45, 2.75) is 50.2 Å². The molecule has 9 nitrogen and oxygen atoms in total. The van der Waals surface area contributed by atoms with Crippen molar-refractivity contribution in [1.82, 2.24) is 29.1 Å². The zero-order valence-electron chi connectivity index (χ0n) is 18.4. The average Bonchev–Trinajstić information content (AvgIpc) is 3.44. The molecule has 0 unspecified atom stereocenters. The highest BCUT2D eigenvalue weighted by atomic mass is 16.5. The molecule has 2 bridgehead atoms. The Kier molecular flexibility index (Phi) is 3.98. The number of aryl methyl sites for hydroxylation is 2. The third-order valence-corrected chi connectivity index (χ3v) is 7.51. The highest BCUT2D eigenvalue weighted by Gasteiger charge is 2.57. The maximum absolute atomic E-state index is 13.3. The summed E-state index contributed by atoms with van der Waals surface area (Å²) in [4.78, 5) is 31.4. The fraction of sp³-hybridized carbons (Fsp3) is 0.435. The van der Waals surface area contributed by atoms with Crippen molar-refractivity contribution < 1.29 is 4.74 Å². The second-order valence-electron chi connectivity index (χ2n) is 9.20. The first-order valence-electron chi connectivity index (χ1n) is 10.9. The summed E-state index contributed by atoms with van der Waals surface area (Å²) in [5.41, 5.74) is 4.52. The highest BCUT2D eigenvalue weighted by Crippen LogP contribution is 2.56. The van der Waals surface area contributed by atoms with E-state index in [0.717, 1.165) is 59.9 Å². The van der Waals surface area contributed by atoms with Gasteiger partial charge in [0.25, 0.3) is 0 Å². The minimum absolute atomic E-state index is 0.0441. The van der Waals surface area contributed by atoms with Gasteiger partial charge in [-0.1, -0.05) is 0 Å². The Labute approximate surface area is 184 Å². The molecule has 0 spiro atoms. The van der Waals surface area contributed by atoms with Crippen molar-refractivity contribution in [2.75, 3.05) is 12.4 Å². The summed E-state index contributed by atoms with van der Waals surface area (Å²) in [7, 11) is 3.57. The van der Waals surface area contributed by atoms with Gasteiger partial charge in [-0.2, -0.15) is 4.98 Å². The second kappa shape index (κ2) is 6.59. The van der Waals surface area contributed by atoms with E-state index in [-0.39, 0.29) is 16.8 Å². The molecular weight excluding hydrogens is 406 g/mol. The second-order valence-corrected chi connectivity index (χ2v) is 9.20. The summed E-state index contributed by atoms with van der Waals surface area (Å²) in [6.07, 6.45) is 9.73. The van der Waals surface area contributed by atoms with Crippen LogP contribution in [0.25, 0.3) is 22.2 Å². The maximum atomic E-state index is 13.3. The number of imidazole rings is 1. The lowest BCUT2D eigenvalue weighted by molar-refractivity contribution is -0.000343. The van der Waals surface area contributed by atoms with Gasteiger partial charge < -0.3 is 10.1 Å². The SMILES string of the molecule is COC12CCC(n3c(=O)n(C)c4cnc(Nc5cc6nccnc6cc5C)nc43)(CC1)C2. The fourth-order valence-electron chi connectivity index (χ4n) is 5.67. The third-order valence-electron chi connectivity index (χ3n) is 7.51. The van der Waals surface area contributed by atoms with E-state index in [4.69, 9.17) is 9.72 Å². The number of methoxy groups -OCH3 is 1. The number of fused-ring (bicyclic) bond motifs is 4. The Balaban J connectivity index is 1.45. The van der Waals surface area contributed by atoms with Crippen LogP contribution in [0.2, 0.25) is 0 Å². The molecule has 4 aromatic rings. The summed E-state index contributed by atoms with van der Waals surface area (Å²) in [5, 5.41) is 3.32. The number of hydrogen-bond donors (Lipinski definition) is 1. The number of benzene rings is 1. The monoisotopic (exact) mass is 431 g/mol. The van der Waals surface area contributed by atoms with Crippen LogP contribution in [0.5, 0.6) is 0 Å². The number of rotatable bonds is 4. The van der Waals surface area contributed by atoms with Crippen LogP contribution in [-0.2, 0) is 17.3 Å². The molecule has 0 amide bonds. The van der Waals surface area contributed by atoms with Crippen LogP contribution >= 0.6 is 0 Å². The van der Waals surface area contributed by atoms with E-state index in [9.17, 15) is 4.79 Å². The van der Waals surface area contributed by atoms with Crippen molar-refractivity contribution >= 4 is 33.8 Å². The van der Waals surface area contributed by atoms with Crippen LogP contribution in [0.15, 0.2) is 35.5 Å². The Bertz CT molecular complexity index is 1430. The van der Waals surface area contributed by atoms with Gasteiger partial charge in [0.05, 0.1) is 28.4 Å². The number of nitrogens with zero attached hydrogens (tertiary/aromatic N) is 6. The summed E-state index contributed by atoms with van der Waals surface area (Å²) in [6.45, 7) is 2.01. The van der Waals surface area contributed by atoms with Crippen molar-refractivity contribution in [3.05, 3.63) is 46.8 Å². The molecule has 2 aliphatic rings. The fourth-order valence-corrected chi connectivity index (χ4v) is 5.67. The molecule has 32 heavy (non-hydrogen) atoms. The third kappa shape index (κ3) is 2.63. The summed E-state index contributed by atoms with van der Waals surface area (Å²) >= 11 is 0. The molecule has 0 atom stereocenters. The van der Waals surface area contributed by atoms with Crippen LogP contribution in [0.1, 0.15) is 37.7 Å².